The van der Waals surface area contributed by atoms with Gasteiger partial charge in [-0.1, -0.05) is 12.1 Å². The smallest absolute Gasteiger partial charge is 0.130 e. The van der Waals surface area contributed by atoms with Gasteiger partial charge in [0.1, 0.15) is 30.0 Å². The third kappa shape index (κ3) is 3.30. The quantitative estimate of drug-likeness (QED) is 0.652. The molecule has 2 aliphatic rings. The maximum atomic E-state index is 13.2. The van der Waals surface area contributed by atoms with Crippen LogP contribution in [0.2, 0.25) is 0 Å². The summed E-state index contributed by atoms with van der Waals surface area (Å²) >= 11 is 3.47. The summed E-state index contributed by atoms with van der Waals surface area (Å²) in [5, 5.41) is 32.0. The van der Waals surface area contributed by atoms with Crippen molar-refractivity contribution in [3.8, 4) is 11.5 Å². The number of benzene rings is 2. The molecule has 7 heteroatoms. The van der Waals surface area contributed by atoms with Gasteiger partial charge in [0, 0.05) is 34.8 Å². The molecule has 5 nitrogen and oxygen atoms in total. The lowest BCUT2D eigenvalue weighted by molar-refractivity contribution is -0.0667. The first-order chi connectivity index (χ1) is 13.3. The van der Waals surface area contributed by atoms with E-state index in [-0.39, 0.29) is 17.6 Å². The maximum absolute atomic E-state index is 13.2. The number of aliphatic hydroxyl groups is 2. The number of ether oxygens (including phenoxy) is 1. The van der Waals surface area contributed by atoms with Crippen LogP contribution in [-0.2, 0) is 5.60 Å². The van der Waals surface area contributed by atoms with Crippen molar-refractivity contribution in [1.82, 2.24) is 4.90 Å². The Balaban J connectivity index is 1.51. The van der Waals surface area contributed by atoms with Crippen LogP contribution < -0.4 is 4.74 Å². The summed E-state index contributed by atoms with van der Waals surface area (Å²) in [4.78, 5) is 2.13. The molecule has 3 N–H and O–H groups in total. The van der Waals surface area contributed by atoms with E-state index in [1.165, 1.54) is 12.1 Å². The molecule has 2 aromatic carbocycles. The van der Waals surface area contributed by atoms with E-state index in [0.29, 0.717) is 59.5 Å². The van der Waals surface area contributed by atoms with E-state index in [1.807, 2.05) is 0 Å². The molecular weight excluding hydrogens is 429 g/mol. The average molecular weight is 452 g/mol. The SMILES string of the molecule is Cc1c(O)cc2c(c1Br)[C@H](O)[C@H](N1CCC(O)(c3ccc(F)cc3)CC1)CO2. The number of aromatic hydroxyl groups is 1. The van der Waals surface area contributed by atoms with Crippen LogP contribution in [0.15, 0.2) is 34.8 Å². The normalized spacial score (nSPS) is 24.5. The van der Waals surface area contributed by atoms with Gasteiger partial charge in [-0.2, -0.15) is 0 Å². The van der Waals surface area contributed by atoms with Gasteiger partial charge in [-0.3, -0.25) is 4.90 Å². The topological polar surface area (TPSA) is 73.2 Å². The molecule has 0 aliphatic carbocycles. The van der Waals surface area contributed by atoms with Crippen molar-refractivity contribution in [2.75, 3.05) is 19.7 Å². The molecule has 2 heterocycles. The van der Waals surface area contributed by atoms with Gasteiger partial charge in [-0.05, 0) is 53.4 Å². The molecule has 0 radical (unpaired) electrons. The van der Waals surface area contributed by atoms with E-state index in [0.717, 1.165) is 0 Å². The van der Waals surface area contributed by atoms with E-state index >= 15 is 0 Å². The van der Waals surface area contributed by atoms with E-state index < -0.39 is 11.7 Å². The molecule has 0 saturated carbocycles. The molecule has 4 rings (SSSR count). The number of phenolic OH excluding ortho intramolecular Hbond substituents is 1. The Labute approximate surface area is 171 Å². The highest BCUT2D eigenvalue weighted by molar-refractivity contribution is 9.10. The fourth-order valence-electron chi connectivity index (χ4n) is 4.17. The lowest BCUT2D eigenvalue weighted by Crippen LogP contribution is -2.52. The van der Waals surface area contributed by atoms with Crippen LogP contribution in [-0.4, -0.2) is 46.0 Å². The predicted molar refractivity (Wildman–Crippen MR) is 106 cm³/mol. The molecule has 0 spiro atoms. The number of piperidine rings is 1. The van der Waals surface area contributed by atoms with E-state index in [2.05, 4.69) is 20.8 Å². The standard InChI is InChI=1S/C21H23BrFNO4/c1-12-16(25)10-17-18(19(12)22)20(26)15(11-28-17)24-8-6-21(27,7-9-24)13-2-4-14(23)5-3-13/h2-5,10,15,20,25-27H,6-9,11H2,1H3/t15-,20-/m1/s1. The fourth-order valence-corrected chi connectivity index (χ4v) is 4.80. The second kappa shape index (κ2) is 7.30. The number of halogens is 2. The van der Waals surface area contributed by atoms with Crippen molar-refractivity contribution in [3.05, 3.63) is 57.3 Å². The lowest BCUT2D eigenvalue weighted by atomic mass is 9.83. The first-order valence-corrected chi connectivity index (χ1v) is 10.1. The molecule has 150 valence electrons. The summed E-state index contributed by atoms with van der Waals surface area (Å²) in [5.74, 6) is 0.287. The van der Waals surface area contributed by atoms with Crippen molar-refractivity contribution in [1.29, 1.82) is 0 Å². The van der Waals surface area contributed by atoms with Crippen molar-refractivity contribution in [2.24, 2.45) is 0 Å². The monoisotopic (exact) mass is 451 g/mol. The average Bonchev–Trinajstić information content (AvgIpc) is 2.68. The largest absolute Gasteiger partial charge is 0.508 e. The third-order valence-electron chi connectivity index (χ3n) is 6.03. The highest BCUT2D eigenvalue weighted by Crippen LogP contribution is 2.45. The van der Waals surface area contributed by atoms with Crippen LogP contribution in [0.25, 0.3) is 0 Å². The van der Waals surface area contributed by atoms with Gasteiger partial charge in [0.05, 0.1) is 11.6 Å². The summed E-state index contributed by atoms with van der Waals surface area (Å²) in [5.41, 5.74) is 1.02. The van der Waals surface area contributed by atoms with Gasteiger partial charge in [0.2, 0.25) is 0 Å². The minimum absolute atomic E-state index is 0.124. The molecule has 1 fully saturated rings. The van der Waals surface area contributed by atoms with Gasteiger partial charge in [-0.15, -0.1) is 0 Å². The Hall–Kier alpha value is -1.67. The number of rotatable bonds is 2. The van der Waals surface area contributed by atoms with Crippen LogP contribution in [0.5, 0.6) is 11.5 Å². The predicted octanol–water partition coefficient (Wildman–Crippen LogP) is 3.38. The number of hydrogen-bond acceptors (Lipinski definition) is 5. The Morgan fingerprint density at radius 3 is 2.50 bits per heavy atom. The van der Waals surface area contributed by atoms with Crippen molar-refractivity contribution in [2.45, 2.75) is 37.5 Å². The van der Waals surface area contributed by atoms with Crippen molar-refractivity contribution >= 4 is 15.9 Å². The van der Waals surface area contributed by atoms with Crippen LogP contribution in [0.3, 0.4) is 0 Å². The fraction of sp³-hybridized carbons (Fsp3) is 0.429. The maximum Gasteiger partial charge on any atom is 0.130 e. The zero-order chi connectivity index (χ0) is 20.1. The molecular formula is C21H23BrFNO4. The molecule has 0 aromatic heterocycles. The summed E-state index contributed by atoms with van der Waals surface area (Å²) < 4.78 is 19.7. The molecule has 0 bridgehead atoms. The van der Waals surface area contributed by atoms with E-state index in [1.54, 1.807) is 25.1 Å². The second-order valence-electron chi connectivity index (χ2n) is 7.64. The zero-order valence-corrected chi connectivity index (χ0v) is 17.1. The minimum atomic E-state index is -0.994. The summed E-state index contributed by atoms with van der Waals surface area (Å²) in [6, 6.07) is 7.29. The lowest BCUT2D eigenvalue weighted by Gasteiger charge is -2.44. The highest BCUT2D eigenvalue weighted by Gasteiger charge is 2.41. The summed E-state index contributed by atoms with van der Waals surface area (Å²) in [7, 11) is 0. The number of hydrogen-bond donors (Lipinski definition) is 3. The zero-order valence-electron chi connectivity index (χ0n) is 15.5. The van der Waals surface area contributed by atoms with Crippen LogP contribution >= 0.6 is 15.9 Å². The summed E-state index contributed by atoms with van der Waals surface area (Å²) in [6.07, 6.45) is 0.212. The molecule has 2 aliphatic heterocycles. The molecule has 0 unspecified atom stereocenters. The van der Waals surface area contributed by atoms with Gasteiger partial charge in [0.15, 0.2) is 0 Å². The van der Waals surface area contributed by atoms with Gasteiger partial charge >= 0.3 is 0 Å². The number of aliphatic hydroxyl groups excluding tert-OH is 1. The van der Waals surface area contributed by atoms with Crippen LogP contribution in [0, 0.1) is 12.7 Å². The van der Waals surface area contributed by atoms with Crippen molar-refractivity contribution < 1.29 is 24.4 Å². The number of nitrogens with zero attached hydrogens (tertiary/aromatic N) is 1. The van der Waals surface area contributed by atoms with Crippen LogP contribution in [0.1, 0.15) is 35.6 Å². The Morgan fingerprint density at radius 2 is 1.86 bits per heavy atom. The number of fused-ring (bicyclic) bond motifs is 1. The molecule has 2 aromatic rings. The Morgan fingerprint density at radius 1 is 1.21 bits per heavy atom. The number of phenols is 1. The van der Waals surface area contributed by atoms with E-state index in [9.17, 15) is 19.7 Å². The minimum Gasteiger partial charge on any atom is -0.508 e. The number of likely N-dealkylation sites (tertiary alicyclic amines) is 1. The Kier molecular flexibility index (Phi) is 5.12. The highest BCUT2D eigenvalue weighted by atomic mass is 79.9. The molecule has 2 atom stereocenters. The molecule has 1 saturated heterocycles. The van der Waals surface area contributed by atoms with Gasteiger partial charge in [0.25, 0.3) is 0 Å². The Bertz CT molecular complexity index is 881. The molecule has 28 heavy (non-hydrogen) atoms. The molecule has 0 amide bonds. The van der Waals surface area contributed by atoms with Gasteiger partial charge in [-0.25, -0.2) is 4.39 Å². The van der Waals surface area contributed by atoms with E-state index in [4.69, 9.17) is 4.74 Å². The third-order valence-corrected chi connectivity index (χ3v) is 7.05. The summed E-state index contributed by atoms with van der Waals surface area (Å²) in [6.45, 7) is 3.25. The van der Waals surface area contributed by atoms with Crippen LogP contribution in [0.4, 0.5) is 4.39 Å². The first kappa shape index (κ1) is 19.6. The second-order valence-corrected chi connectivity index (χ2v) is 8.44. The first-order valence-electron chi connectivity index (χ1n) is 9.35. The van der Waals surface area contributed by atoms with Gasteiger partial charge < -0.3 is 20.1 Å². The van der Waals surface area contributed by atoms with Crippen molar-refractivity contribution in [3.63, 3.8) is 0 Å².